The molecule has 0 spiro atoms. The Morgan fingerprint density at radius 3 is 2.27 bits per heavy atom. The van der Waals surface area contributed by atoms with Crippen LogP contribution in [0.4, 0.5) is 0 Å². The average molecular weight is 410 g/mol. The molecule has 1 heterocycles. The zero-order valence-electron chi connectivity index (χ0n) is 17.7. The number of hydrogen-bond acceptors (Lipinski definition) is 4. The number of benzene rings is 1. The fourth-order valence-corrected chi connectivity index (χ4v) is 7.04. The van der Waals surface area contributed by atoms with E-state index in [2.05, 4.69) is 0 Å². The van der Waals surface area contributed by atoms with E-state index in [-0.39, 0.29) is 36.2 Å². The maximum absolute atomic E-state index is 13.1. The van der Waals surface area contributed by atoms with Gasteiger partial charge in [0.1, 0.15) is 0 Å². The van der Waals surface area contributed by atoms with E-state index in [9.17, 15) is 14.4 Å². The molecule has 1 aromatic carbocycles. The van der Waals surface area contributed by atoms with Gasteiger partial charge < -0.3 is 9.64 Å². The molecule has 0 unspecified atom stereocenters. The van der Waals surface area contributed by atoms with Gasteiger partial charge in [0.25, 0.3) is 0 Å². The van der Waals surface area contributed by atoms with Gasteiger partial charge in [-0.3, -0.25) is 14.4 Å². The maximum Gasteiger partial charge on any atom is 0.311 e. The highest BCUT2D eigenvalue weighted by Gasteiger charge is 2.54. The second-order valence-electron chi connectivity index (χ2n) is 10.3. The summed E-state index contributed by atoms with van der Waals surface area (Å²) >= 11 is 0. The summed E-state index contributed by atoms with van der Waals surface area (Å²) in [5.41, 5.74) is 0.811. The summed E-state index contributed by atoms with van der Waals surface area (Å²) in [4.78, 5) is 40.0. The van der Waals surface area contributed by atoms with Gasteiger partial charge in [0.15, 0.2) is 12.4 Å². The van der Waals surface area contributed by atoms with E-state index in [1.807, 2.05) is 37.3 Å². The van der Waals surface area contributed by atoms with E-state index < -0.39 is 11.9 Å². The van der Waals surface area contributed by atoms with Gasteiger partial charge in [-0.1, -0.05) is 30.3 Å². The highest BCUT2D eigenvalue weighted by Crippen LogP contribution is 2.60. The molecular formula is C25H31NO4. The highest BCUT2D eigenvalue weighted by atomic mass is 16.5. The van der Waals surface area contributed by atoms with Gasteiger partial charge >= 0.3 is 5.97 Å². The van der Waals surface area contributed by atoms with Gasteiger partial charge in [-0.2, -0.15) is 0 Å². The van der Waals surface area contributed by atoms with Crippen molar-refractivity contribution in [2.75, 3.05) is 13.2 Å². The first kappa shape index (κ1) is 19.8. The molecule has 0 radical (unpaired) electrons. The summed E-state index contributed by atoms with van der Waals surface area (Å²) in [6.07, 6.45) is 6.98. The quantitative estimate of drug-likeness (QED) is 0.668. The molecule has 5 aliphatic rings. The lowest BCUT2D eigenvalue weighted by molar-refractivity contribution is -0.160. The van der Waals surface area contributed by atoms with Crippen molar-refractivity contribution in [1.82, 2.24) is 4.90 Å². The number of esters is 1. The van der Waals surface area contributed by atoms with Crippen LogP contribution in [0.15, 0.2) is 30.3 Å². The first-order valence-corrected chi connectivity index (χ1v) is 11.5. The third-order valence-electron chi connectivity index (χ3n) is 8.22. The molecule has 5 heteroatoms. The molecular weight excluding hydrogens is 378 g/mol. The monoisotopic (exact) mass is 409 g/mol. The lowest BCUT2D eigenvalue weighted by Crippen LogP contribution is -2.51. The average Bonchev–Trinajstić information content (AvgIpc) is 3.12. The van der Waals surface area contributed by atoms with Crippen molar-refractivity contribution >= 4 is 17.7 Å². The number of ketones is 1. The smallest absolute Gasteiger partial charge is 0.311 e. The van der Waals surface area contributed by atoms with Gasteiger partial charge in [-0.05, 0) is 68.8 Å². The zero-order valence-corrected chi connectivity index (χ0v) is 17.7. The van der Waals surface area contributed by atoms with E-state index in [1.54, 1.807) is 4.90 Å². The third-order valence-corrected chi connectivity index (χ3v) is 8.22. The molecule has 4 aliphatic carbocycles. The number of amides is 1. The minimum Gasteiger partial charge on any atom is -0.457 e. The molecule has 1 aromatic rings. The molecule has 5 nitrogen and oxygen atoms in total. The summed E-state index contributed by atoms with van der Waals surface area (Å²) in [5.74, 6) is 1.29. The highest BCUT2D eigenvalue weighted by molar-refractivity contribution is 5.90. The summed E-state index contributed by atoms with van der Waals surface area (Å²) in [6.45, 7) is 2.22. The molecule has 0 N–H and O–H groups in total. The Balaban J connectivity index is 1.17. The van der Waals surface area contributed by atoms with Crippen molar-refractivity contribution in [3.8, 4) is 0 Å². The Morgan fingerprint density at radius 1 is 1.07 bits per heavy atom. The maximum atomic E-state index is 13.1. The molecule has 160 valence electrons. The third kappa shape index (κ3) is 3.46. The number of hydrogen-bond donors (Lipinski definition) is 0. The van der Waals surface area contributed by atoms with Crippen molar-refractivity contribution in [3.05, 3.63) is 35.9 Å². The fraction of sp³-hybridized carbons (Fsp3) is 0.640. The molecule has 4 bridgehead atoms. The standard InChI is InChI=1S/C25H31NO4/c1-16(20-5-3-2-4-6-20)26-14-21(10-23(26)28)24(29)30-15-22(27)25-11-17-7-18(12-25)9-19(8-17)13-25/h2-6,16-19,21H,7-15H2,1H3/t16-,17?,18?,19?,21-,25?/m1/s1. The van der Waals surface area contributed by atoms with Gasteiger partial charge in [0, 0.05) is 18.4 Å². The van der Waals surface area contributed by atoms with Crippen LogP contribution in [0.3, 0.4) is 0 Å². The molecule has 1 aliphatic heterocycles. The number of rotatable bonds is 6. The molecule has 6 rings (SSSR count). The predicted molar refractivity (Wildman–Crippen MR) is 111 cm³/mol. The van der Waals surface area contributed by atoms with Crippen LogP contribution in [-0.4, -0.2) is 35.7 Å². The molecule has 2 atom stereocenters. The topological polar surface area (TPSA) is 63.7 Å². The minimum atomic E-state index is -0.479. The Hall–Kier alpha value is -2.17. The Bertz CT molecular complexity index is 813. The van der Waals surface area contributed by atoms with E-state index in [4.69, 9.17) is 4.74 Å². The van der Waals surface area contributed by atoms with Crippen LogP contribution in [0.1, 0.15) is 63.5 Å². The van der Waals surface area contributed by atoms with Crippen LogP contribution in [-0.2, 0) is 19.1 Å². The van der Waals surface area contributed by atoms with Crippen LogP contribution in [0, 0.1) is 29.1 Å². The zero-order chi connectivity index (χ0) is 20.9. The van der Waals surface area contributed by atoms with Crippen molar-refractivity contribution in [1.29, 1.82) is 0 Å². The van der Waals surface area contributed by atoms with Crippen molar-refractivity contribution < 1.29 is 19.1 Å². The van der Waals surface area contributed by atoms with Gasteiger partial charge in [0.2, 0.25) is 5.91 Å². The predicted octanol–water partition coefficient (Wildman–Crippen LogP) is 3.92. The summed E-state index contributed by atoms with van der Waals surface area (Å²) in [6, 6.07) is 9.76. The number of ether oxygens (including phenoxy) is 1. The molecule has 30 heavy (non-hydrogen) atoms. The van der Waals surface area contributed by atoms with E-state index in [0.717, 1.165) is 24.8 Å². The Labute approximate surface area is 178 Å². The van der Waals surface area contributed by atoms with E-state index in [1.165, 1.54) is 19.3 Å². The SMILES string of the molecule is C[C@H](c1ccccc1)N1C[C@H](C(=O)OCC(=O)C23CC4CC(CC(C4)C2)C3)CC1=O. The summed E-state index contributed by atoms with van der Waals surface area (Å²) in [7, 11) is 0. The Morgan fingerprint density at radius 2 is 1.67 bits per heavy atom. The second kappa shape index (κ2) is 7.51. The van der Waals surface area contributed by atoms with Gasteiger partial charge in [-0.15, -0.1) is 0 Å². The van der Waals surface area contributed by atoms with Crippen LogP contribution < -0.4 is 0 Å². The lowest BCUT2D eigenvalue weighted by Gasteiger charge is -2.55. The fourth-order valence-electron chi connectivity index (χ4n) is 7.04. The normalized spacial score (nSPS) is 35.5. The van der Waals surface area contributed by atoms with Crippen LogP contribution in [0.5, 0.6) is 0 Å². The molecule has 0 aromatic heterocycles. The lowest BCUT2D eigenvalue weighted by atomic mass is 9.48. The molecule has 1 saturated heterocycles. The molecule has 1 amide bonds. The largest absolute Gasteiger partial charge is 0.457 e. The second-order valence-corrected chi connectivity index (χ2v) is 10.3. The number of Topliss-reactive ketones (excluding diaryl/α,β-unsaturated/α-hetero) is 1. The van der Waals surface area contributed by atoms with Crippen LogP contribution in [0.2, 0.25) is 0 Å². The van der Waals surface area contributed by atoms with Crippen LogP contribution in [0.25, 0.3) is 0 Å². The minimum absolute atomic E-state index is 0.0271. The molecule has 5 fully saturated rings. The molecule has 4 saturated carbocycles. The summed E-state index contributed by atoms with van der Waals surface area (Å²) < 4.78 is 5.49. The number of nitrogens with zero attached hydrogens (tertiary/aromatic N) is 1. The van der Waals surface area contributed by atoms with Crippen molar-refractivity contribution in [2.45, 2.75) is 57.9 Å². The van der Waals surface area contributed by atoms with Gasteiger partial charge in [0.05, 0.1) is 12.0 Å². The van der Waals surface area contributed by atoms with E-state index in [0.29, 0.717) is 24.3 Å². The number of likely N-dealkylation sites (tertiary alicyclic amines) is 1. The first-order chi connectivity index (χ1) is 14.4. The summed E-state index contributed by atoms with van der Waals surface area (Å²) in [5, 5.41) is 0. The number of carbonyl (C=O) groups excluding carboxylic acids is 3. The van der Waals surface area contributed by atoms with Crippen molar-refractivity contribution in [3.63, 3.8) is 0 Å². The Kier molecular flexibility index (Phi) is 4.95. The first-order valence-electron chi connectivity index (χ1n) is 11.5. The van der Waals surface area contributed by atoms with Crippen molar-refractivity contribution in [2.24, 2.45) is 29.1 Å². The number of carbonyl (C=O) groups is 3. The van der Waals surface area contributed by atoms with E-state index >= 15 is 0 Å². The van der Waals surface area contributed by atoms with Crippen LogP contribution >= 0.6 is 0 Å². The van der Waals surface area contributed by atoms with Gasteiger partial charge in [-0.25, -0.2) is 0 Å².